The molecule has 0 radical (unpaired) electrons. The summed E-state index contributed by atoms with van der Waals surface area (Å²) in [4.78, 5) is 21.6. The number of ether oxygens (including phenoxy) is 3. The molecular weight excluding hydrogens is 522 g/mol. The van der Waals surface area contributed by atoms with Crippen molar-refractivity contribution in [1.29, 1.82) is 0 Å². The number of amides is 1. The summed E-state index contributed by atoms with van der Waals surface area (Å²) in [5.74, 6) is 1.89. The van der Waals surface area contributed by atoms with Crippen LogP contribution in [0.3, 0.4) is 0 Å². The third-order valence-corrected chi connectivity index (χ3v) is 7.74. The second kappa shape index (κ2) is 12.3. The quantitative estimate of drug-likeness (QED) is 0.202. The van der Waals surface area contributed by atoms with Crippen molar-refractivity contribution >= 4 is 35.0 Å². The number of H-pyrrole nitrogens is 1. The molecule has 198 valence electrons. The van der Waals surface area contributed by atoms with Crippen LogP contribution in [0.2, 0.25) is 5.02 Å². The number of thioether (sulfide) groups is 1. The Bertz CT molecular complexity index is 1340. The predicted molar refractivity (Wildman–Crippen MR) is 154 cm³/mol. The number of nitrogens with one attached hydrogen (secondary N) is 2. The molecule has 0 aliphatic carbocycles. The number of carbonyl (C=O) groups excluding carboxylic acids is 1. The molecule has 38 heavy (non-hydrogen) atoms. The summed E-state index contributed by atoms with van der Waals surface area (Å²) >= 11 is 7.61. The zero-order chi connectivity index (χ0) is 27.2. The van der Waals surface area contributed by atoms with Gasteiger partial charge in [-0.2, -0.15) is 0 Å². The highest BCUT2D eigenvalue weighted by Gasteiger charge is 2.23. The van der Waals surface area contributed by atoms with Crippen molar-refractivity contribution in [3.63, 3.8) is 0 Å². The van der Waals surface area contributed by atoms with Crippen LogP contribution in [0.4, 0.5) is 5.69 Å². The Hall–Kier alpha value is -3.62. The minimum atomic E-state index is -0.394. The van der Waals surface area contributed by atoms with E-state index in [0.29, 0.717) is 28.0 Å². The highest BCUT2D eigenvalue weighted by molar-refractivity contribution is 8.00. The molecule has 0 aliphatic rings. The third-order valence-electron chi connectivity index (χ3n) is 6.08. The second-order valence-corrected chi connectivity index (χ2v) is 10.1. The van der Waals surface area contributed by atoms with Crippen LogP contribution in [-0.2, 0) is 4.79 Å². The van der Waals surface area contributed by atoms with Gasteiger partial charge in [0, 0.05) is 22.2 Å². The molecule has 4 aromatic rings. The number of halogens is 1. The third kappa shape index (κ3) is 6.09. The van der Waals surface area contributed by atoms with E-state index in [1.807, 2.05) is 68.4 Å². The summed E-state index contributed by atoms with van der Waals surface area (Å²) in [7, 11) is 4.82. The average molecular weight is 552 g/mol. The minimum Gasteiger partial charge on any atom is -0.497 e. The monoisotopic (exact) mass is 551 g/mol. The number of methoxy groups -OCH3 is 3. The van der Waals surface area contributed by atoms with Gasteiger partial charge in [-0.3, -0.25) is 4.79 Å². The van der Waals surface area contributed by atoms with E-state index in [9.17, 15) is 4.79 Å². The van der Waals surface area contributed by atoms with E-state index in [4.69, 9.17) is 30.8 Å². The number of carbonyl (C=O) groups is 1. The predicted octanol–water partition coefficient (Wildman–Crippen LogP) is 7.24. The van der Waals surface area contributed by atoms with Gasteiger partial charge >= 0.3 is 0 Å². The lowest BCUT2D eigenvalue weighted by atomic mass is 10.0. The van der Waals surface area contributed by atoms with Crippen LogP contribution in [0.25, 0.3) is 22.5 Å². The van der Waals surface area contributed by atoms with Crippen LogP contribution in [0.1, 0.15) is 18.9 Å². The molecular formula is C29H30ClN3O4S. The fourth-order valence-electron chi connectivity index (χ4n) is 3.93. The largest absolute Gasteiger partial charge is 0.497 e. The molecule has 0 bridgehead atoms. The topological polar surface area (TPSA) is 85.5 Å². The van der Waals surface area contributed by atoms with Gasteiger partial charge in [0.2, 0.25) is 5.91 Å². The van der Waals surface area contributed by atoms with Crippen LogP contribution < -0.4 is 19.5 Å². The molecule has 9 heteroatoms. The number of benzene rings is 3. The summed E-state index contributed by atoms with van der Waals surface area (Å²) in [5, 5.41) is 3.82. The normalized spacial score (nSPS) is 11.6. The van der Waals surface area contributed by atoms with E-state index in [2.05, 4.69) is 10.3 Å². The molecule has 0 spiro atoms. The molecule has 0 saturated heterocycles. The first-order valence-corrected chi connectivity index (χ1v) is 13.3. The van der Waals surface area contributed by atoms with Crippen molar-refractivity contribution in [1.82, 2.24) is 9.97 Å². The lowest BCUT2D eigenvalue weighted by Crippen LogP contribution is -2.25. The van der Waals surface area contributed by atoms with Gasteiger partial charge in [0.25, 0.3) is 0 Å². The van der Waals surface area contributed by atoms with Crippen LogP contribution >= 0.6 is 23.4 Å². The van der Waals surface area contributed by atoms with Gasteiger partial charge in [0.15, 0.2) is 5.16 Å². The first-order valence-electron chi connectivity index (χ1n) is 12.1. The summed E-state index contributed by atoms with van der Waals surface area (Å²) in [6.45, 7) is 3.85. The van der Waals surface area contributed by atoms with Crippen LogP contribution in [0.5, 0.6) is 17.2 Å². The lowest BCUT2D eigenvalue weighted by Gasteiger charge is -2.16. The van der Waals surface area contributed by atoms with E-state index in [-0.39, 0.29) is 5.91 Å². The van der Waals surface area contributed by atoms with Gasteiger partial charge in [-0.25, -0.2) is 4.98 Å². The SMILES string of the molecule is CCC(Sc1nc(-c2ccc(OC)cc2)c(-c2ccc(OC)cc2)[nH]1)C(=O)Nc1cc(C)c(Cl)cc1OC. The van der Waals surface area contributed by atoms with E-state index in [1.165, 1.54) is 11.8 Å². The summed E-state index contributed by atoms with van der Waals surface area (Å²) in [6, 6.07) is 19.0. The number of hydrogen-bond donors (Lipinski definition) is 2. The van der Waals surface area contributed by atoms with E-state index in [0.717, 1.165) is 39.6 Å². The Labute approximate surface area is 231 Å². The number of hydrogen-bond acceptors (Lipinski definition) is 6. The average Bonchev–Trinajstić information content (AvgIpc) is 3.37. The molecule has 1 amide bonds. The van der Waals surface area contributed by atoms with Gasteiger partial charge in [0.1, 0.15) is 17.2 Å². The summed E-state index contributed by atoms with van der Waals surface area (Å²) in [5.41, 5.74) is 4.95. The first kappa shape index (κ1) is 27.4. The van der Waals surface area contributed by atoms with E-state index >= 15 is 0 Å². The first-order chi connectivity index (χ1) is 18.4. The number of anilines is 1. The zero-order valence-electron chi connectivity index (χ0n) is 21.9. The molecule has 1 aromatic heterocycles. The van der Waals surface area contributed by atoms with Gasteiger partial charge in [-0.1, -0.05) is 30.3 Å². The number of rotatable bonds is 10. The standard InChI is InChI=1S/C29H30ClN3O4S/c1-6-25(28(34)31-23-15-17(2)22(30)16-24(23)37-5)38-29-32-26(18-7-11-20(35-3)12-8-18)27(33-29)19-9-13-21(36-4)14-10-19/h7-16,25H,6H2,1-5H3,(H,31,34)(H,32,33). The lowest BCUT2D eigenvalue weighted by molar-refractivity contribution is -0.115. The van der Waals surface area contributed by atoms with Crippen molar-refractivity contribution in [3.8, 4) is 39.8 Å². The van der Waals surface area contributed by atoms with Crippen LogP contribution in [0, 0.1) is 6.92 Å². The maximum absolute atomic E-state index is 13.3. The van der Waals surface area contributed by atoms with E-state index in [1.54, 1.807) is 27.4 Å². The molecule has 2 N–H and O–H groups in total. The fourth-order valence-corrected chi connectivity index (χ4v) is 4.99. The Morgan fingerprint density at radius 1 is 0.974 bits per heavy atom. The fraction of sp³-hybridized carbons (Fsp3) is 0.241. The molecule has 0 saturated carbocycles. The zero-order valence-corrected chi connectivity index (χ0v) is 23.5. The van der Waals surface area contributed by atoms with Gasteiger partial charge in [0.05, 0.1) is 43.7 Å². The molecule has 1 atom stereocenters. The number of imidazole rings is 1. The van der Waals surface area contributed by atoms with Crippen molar-refractivity contribution < 1.29 is 19.0 Å². The van der Waals surface area contributed by atoms with Gasteiger partial charge < -0.3 is 24.5 Å². The number of nitrogens with zero attached hydrogens (tertiary/aromatic N) is 1. The van der Waals surface area contributed by atoms with Crippen molar-refractivity contribution in [2.24, 2.45) is 0 Å². The van der Waals surface area contributed by atoms with Gasteiger partial charge in [-0.05, 0) is 73.5 Å². The molecule has 4 rings (SSSR count). The highest BCUT2D eigenvalue weighted by atomic mass is 35.5. The Balaban J connectivity index is 1.65. The summed E-state index contributed by atoms with van der Waals surface area (Å²) < 4.78 is 16.1. The minimum absolute atomic E-state index is 0.147. The Morgan fingerprint density at radius 2 is 1.58 bits per heavy atom. The Kier molecular flexibility index (Phi) is 8.86. The van der Waals surface area contributed by atoms with Crippen LogP contribution in [-0.4, -0.2) is 42.5 Å². The molecule has 7 nitrogen and oxygen atoms in total. The molecule has 1 unspecified atom stereocenters. The maximum Gasteiger partial charge on any atom is 0.238 e. The van der Waals surface area contributed by atoms with E-state index < -0.39 is 5.25 Å². The Morgan fingerprint density at radius 3 is 2.13 bits per heavy atom. The smallest absolute Gasteiger partial charge is 0.238 e. The number of aromatic amines is 1. The number of aryl methyl sites for hydroxylation is 1. The molecule has 3 aromatic carbocycles. The molecule has 0 aliphatic heterocycles. The van der Waals surface area contributed by atoms with Crippen LogP contribution in [0.15, 0.2) is 65.8 Å². The number of aromatic nitrogens is 2. The molecule has 0 fully saturated rings. The van der Waals surface area contributed by atoms with Crippen molar-refractivity contribution in [3.05, 3.63) is 71.2 Å². The van der Waals surface area contributed by atoms with Crippen molar-refractivity contribution in [2.45, 2.75) is 30.7 Å². The van der Waals surface area contributed by atoms with Gasteiger partial charge in [-0.15, -0.1) is 0 Å². The van der Waals surface area contributed by atoms with Crippen molar-refractivity contribution in [2.75, 3.05) is 26.6 Å². The maximum atomic E-state index is 13.3. The second-order valence-electron chi connectivity index (χ2n) is 8.53. The summed E-state index contributed by atoms with van der Waals surface area (Å²) in [6.07, 6.45) is 0.599. The highest BCUT2D eigenvalue weighted by Crippen LogP contribution is 2.37. The molecule has 1 heterocycles.